The summed E-state index contributed by atoms with van der Waals surface area (Å²) >= 11 is 0. The molecule has 0 aliphatic rings. The fourth-order valence-electron chi connectivity index (χ4n) is 3.14. The molecule has 4 aromatic rings. The molecule has 0 saturated heterocycles. The fraction of sp³-hybridized carbons (Fsp3) is 0.133. The number of rotatable bonds is 4. The van der Waals surface area contributed by atoms with Gasteiger partial charge in [-0.3, -0.25) is 0 Å². The van der Waals surface area contributed by atoms with Crippen molar-refractivity contribution in [1.29, 1.82) is 0 Å². The van der Waals surface area contributed by atoms with Crippen LogP contribution in [-0.2, 0) is 9.59 Å². The predicted octanol–water partition coefficient (Wildman–Crippen LogP) is 7.25. The van der Waals surface area contributed by atoms with Gasteiger partial charge in [0.1, 0.15) is 0 Å². The van der Waals surface area contributed by atoms with E-state index in [9.17, 15) is 0 Å². The van der Waals surface area contributed by atoms with Crippen molar-refractivity contribution >= 4 is 34.7 Å². The first kappa shape index (κ1) is 27.7. The highest BCUT2D eigenvalue weighted by atomic mass is 16.4. The Morgan fingerprint density at radius 3 is 0.806 bits per heavy atom. The molecule has 0 fully saturated rings. The van der Waals surface area contributed by atoms with E-state index in [1.807, 2.05) is 24.3 Å². The first-order valence-corrected chi connectivity index (χ1v) is 11.4. The first-order valence-electron chi connectivity index (χ1n) is 11.4. The van der Waals surface area contributed by atoms with Gasteiger partial charge in [0.25, 0.3) is 0 Å². The molecule has 186 valence electrons. The molecule has 4 aromatic carbocycles. The van der Waals surface area contributed by atoms with Crippen LogP contribution in [0.15, 0.2) is 97.1 Å². The number of aryl methyl sites for hydroxylation is 4. The Labute approximate surface area is 212 Å². The Kier molecular flexibility index (Phi) is 10.7. The van der Waals surface area contributed by atoms with Crippen LogP contribution < -0.4 is 10.6 Å². The first-order chi connectivity index (χ1) is 17.2. The van der Waals surface area contributed by atoms with Crippen LogP contribution in [0.1, 0.15) is 22.3 Å². The molecule has 0 aromatic heterocycles. The van der Waals surface area contributed by atoms with Crippen LogP contribution in [0.2, 0.25) is 0 Å². The minimum absolute atomic E-state index is 1.17. The lowest BCUT2D eigenvalue weighted by Gasteiger charge is -2.11. The molecular formula is C30H32N2O4. The number of carbonyl (C=O) groups is 2. The van der Waals surface area contributed by atoms with E-state index in [-0.39, 0.29) is 0 Å². The number of aliphatic carboxylic acids is 2. The molecule has 4 N–H and O–H groups in total. The molecule has 0 aliphatic carbocycles. The van der Waals surface area contributed by atoms with Crippen LogP contribution in [0.3, 0.4) is 0 Å². The third-order valence-corrected chi connectivity index (χ3v) is 5.30. The van der Waals surface area contributed by atoms with Crippen LogP contribution in [0.4, 0.5) is 22.7 Å². The number of para-hydroxylation sites is 4. The summed E-state index contributed by atoms with van der Waals surface area (Å²) in [6.07, 6.45) is 0. The van der Waals surface area contributed by atoms with Crippen molar-refractivity contribution in [2.45, 2.75) is 27.7 Å². The summed E-state index contributed by atoms with van der Waals surface area (Å²) in [5.41, 5.74) is 9.75. The van der Waals surface area contributed by atoms with E-state index < -0.39 is 11.9 Å². The van der Waals surface area contributed by atoms with Gasteiger partial charge < -0.3 is 20.8 Å². The molecule has 0 radical (unpaired) electrons. The van der Waals surface area contributed by atoms with Crippen molar-refractivity contribution < 1.29 is 19.8 Å². The molecule has 0 heterocycles. The number of benzene rings is 4. The van der Waals surface area contributed by atoms with Gasteiger partial charge in [0.2, 0.25) is 0 Å². The minimum Gasteiger partial charge on any atom is -0.473 e. The highest BCUT2D eigenvalue weighted by molar-refractivity contribution is 6.27. The quantitative estimate of drug-likeness (QED) is 0.228. The van der Waals surface area contributed by atoms with Gasteiger partial charge in [-0.25, -0.2) is 9.59 Å². The number of carboxylic acids is 2. The van der Waals surface area contributed by atoms with Gasteiger partial charge >= 0.3 is 11.9 Å². The number of anilines is 4. The maximum atomic E-state index is 9.10. The van der Waals surface area contributed by atoms with Crippen LogP contribution in [0.5, 0.6) is 0 Å². The van der Waals surface area contributed by atoms with Gasteiger partial charge in [-0.2, -0.15) is 0 Å². The maximum Gasteiger partial charge on any atom is 0.414 e. The molecule has 6 nitrogen and oxygen atoms in total. The van der Waals surface area contributed by atoms with Gasteiger partial charge in [-0.15, -0.1) is 0 Å². The summed E-state index contributed by atoms with van der Waals surface area (Å²) in [7, 11) is 0. The highest BCUT2D eigenvalue weighted by Gasteiger charge is 2.04. The molecule has 0 aliphatic heterocycles. The van der Waals surface area contributed by atoms with Crippen molar-refractivity contribution in [3.63, 3.8) is 0 Å². The molecule has 4 rings (SSSR count). The molecule has 6 heteroatoms. The van der Waals surface area contributed by atoms with E-state index in [1.165, 1.54) is 45.0 Å². The Balaban J connectivity index is 0.000000208. The Bertz CT molecular complexity index is 1110. The van der Waals surface area contributed by atoms with Crippen molar-refractivity contribution in [3.05, 3.63) is 119 Å². The predicted molar refractivity (Wildman–Crippen MR) is 147 cm³/mol. The van der Waals surface area contributed by atoms with E-state index in [4.69, 9.17) is 19.8 Å². The second-order valence-electron chi connectivity index (χ2n) is 8.12. The molecule has 36 heavy (non-hydrogen) atoms. The molecule has 0 bridgehead atoms. The van der Waals surface area contributed by atoms with Crippen molar-refractivity contribution in [2.75, 3.05) is 10.6 Å². The molecule has 0 saturated carbocycles. The zero-order valence-corrected chi connectivity index (χ0v) is 20.9. The fourth-order valence-corrected chi connectivity index (χ4v) is 3.14. The number of hydrogen-bond acceptors (Lipinski definition) is 4. The largest absolute Gasteiger partial charge is 0.473 e. The third-order valence-electron chi connectivity index (χ3n) is 5.30. The molecule has 0 amide bonds. The molecule has 0 unspecified atom stereocenters. The Hall–Kier alpha value is -4.58. The smallest absolute Gasteiger partial charge is 0.414 e. The van der Waals surface area contributed by atoms with Crippen LogP contribution in [0.25, 0.3) is 0 Å². The van der Waals surface area contributed by atoms with Crippen LogP contribution in [0, 0.1) is 27.7 Å². The van der Waals surface area contributed by atoms with Crippen molar-refractivity contribution in [3.8, 4) is 0 Å². The summed E-state index contributed by atoms with van der Waals surface area (Å²) < 4.78 is 0. The molecular weight excluding hydrogens is 452 g/mol. The average molecular weight is 485 g/mol. The molecule has 0 atom stereocenters. The number of carboxylic acid groups (broad SMARTS) is 2. The second kappa shape index (κ2) is 14.0. The van der Waals surface area contributed by atoms with Crippen LogP contribution in [-0.4, -0.2) is 22.2 Å². The Morgan fingerprint density at radius 1 is 0.444 bits per heavy atom. The summed E-state index contributed by atoms with van der Waals surface area (Å²) in [4.78, 5) is 18.2. The zero-order chi connectivity index (χ0) is 26.5. The SMILES string of the molecule is Cc1ccccc1Nc1ccccc1C.Cc1ccccc1Nc1ccccc1C.O=C(O)C(=O)O. The van der Waals surface area contributed by atoms with Gasteiger partial charge in [-0.1, -0.05) is 72.8 Å². The lowest BCUT2D eigenvalue weighted by molar-refractivity contribution is -0.159. The van der Waals surface area contributed by atoms with Gasteiger partial charge in [0.05, 0.1) is 0 Å². The highest BCUT2D eigenvalue weighted by Crippen LogP contribution is 2.23. The summed E-state index contributed by atoms with van der Waals surface area (Å²) in [6, 6.07) is 33.3. The van der Waals surface area contributed by atoms with E-state index in [0.29, 0.717) is 0 Å². The monoisotopic (exact) mass is 484 g/mol. The number of nitrogens with one attached hydrogen (secondary N) is 2. The van der Waals surface area contributed by atoms with E-state index in [0.717, 1.165) is 0 Å². The lowest BCUT2D eigenvalue weighted by atomic mass is 10.1. The van der Waals surface area contributed by atoms with Gasteiger partial charge in [0.15, 0.2) is 0 Å². The van der Waals surface area contributed by atoms with Crippen LogP contribution >= 0.6 is 0 Å². The summed E-state index contributed by atoms with van der Waals surface area (Å²) in [6.45, 7) is 8.45. The summed E-state index contributed by atoms with van der Waals surface area (Å²) in [5, 5.41) is 21.7. The Morgan fingerprint density at radius 2 is 0.639 bits per heavy atom. The van der Waals surface area contributed by atoms with Crippen molar-refractivity contribution in [2.24, 2.45) is 0 Å². The van der Waals surface area contributed by atoms with Gasteiger partial charge in [0, 0.05) is 22.7 Å². The van der Waals surface area contributed by atoms with Crippen molar-refractivity contribution in [1.82, 2.24) is 0 Å². The number of hydrogen-bond donors (Lipinski definition) is 4. The normalized spacial score (nSPS) is 9.56. The third kappa shape index (κ3) is 8.99. The van der Waals surface area contributed by atoms with E-state index in [1.54, 1.807) is 0 Å². The lowest BCUT2D eigenvalue weighted by Crippen LogP contribution is -2.09. The zero-order valence-electron chi connectivity index (χ0n) is 20.9. The topological polar surface area (TPSA) is 98.7 Å². The van der Waals surface area contributed by atoms with Gasteiger partial charge in [-0.05, 0) is 74.2 Å². The maximum absolute atomic E-state index is 9.10. The minimum atomic E-state index is -1.82. The second-order valence-corrected chi connectivity index (χ2v) is 8.12. The average Bonchev–Trinajstić information content (AvgIpc) is 2.85. The van der Waals surface area contributed by atoms with E-state index in [2.05, 4.69) is 111 Å². The van der Waals surface area contributed by atoms with E-state index >= 15 is 0 Å². The molecule has 0 spiro atoms. The summed E-state index contributed by atoms with van der Waals surface area (Å²) in [5.74, 6) is -3.65. The standard InChI is InChI=1S/2C14H15N.C2H2O4/c2*1-11-7-3-5-9-13(11)15-14-10-6-4-8-12(14)2;3-1(4)2(5)6/h2*3-10,15H,1-2H3;(H,3,4)(H,5,6).